The standard InChI is InChI=1S/C19H29N3O2/c23-17(14-22-13-7-12-20-19(22)24)21-18(15-8-3-1-4-9-15)16-10-5-2-6-11-16/h7,12-13,15-16,18H,1-6,8-11,14H2,(H,21,23). The lowest BCUT2D eigenvalue weighted by atomic mass is 9.74. The molecule has 2 aliphatic rings. The van der Waals surface area contributed by atoms with E-state index in [2.05, 4.69) is 10.3 Å². The molecule has 1 aromatic rings. The van der Waals surface area contributed by atoms with Crippen molar-refractivity contribution in [3.05, 3.63) is 28.9 Å². The Morgan fingerprint density at radius 2 is 1.67 bits per heavy atom. The second-order valence-corrected chi connectivity index (χ2v) is 7.42. The molecule has 1 heterocycles. The summed E-state index contributed by atoms with van der Waals surface area (Å²) in [6.45, 7) is 0.0720. The van der Waals surface area contributed by atoms with E-state index in [1.54, 1.807) is 12.3 Å². The van der Waals surface area contributed by atoms with Crippen LogP contribution in [0.1, 0.15) is 64.2 Å². The van der Waals surface area contributed by atoms with Gasteiger partial charge in [0, 0.05) is 18.4 Å². The predicted octanol–water partition coefficient (Wildman–Crippen LogP) is 2.89. The first kappa shape index (κ1) is 17.2. The molecule has 132 valence electrons. The first-order valence-electron chi connectivity index (χ1n) is 9.55. The maximum absolute atomic E-state index is 12.6. The smallest absolute Gasteiger partial charge is 0.347 e. The summed E-state index contributed by atoms with van der Waals surface area (Å²) in [6.07, 6.45) is 15.8. The number of nitrogens with zero attached hydrogens (tertiary/aromatic N) is 2. The van der Waals surface area contributed by atoms with E-state index in [0.717, 1.165) is 0 Å². The summed E-state index contributed by atoms with van der Waals surface area (Å²) in [4.78, 5) is 28.0. The topological polar surface area (TPSA) is 64.0 Å². The molecule has 0 aromatic carbocycles. The number of aromatic nitrogens is 2. The Balaban J connectivity index is 1.66. The van der Waals surface area contributed by atoms with Crippen molar-refractivity contribution in [2.75, 3.05) is 0 Å². The Bertz CT molecular complexity index is 568. The minimum Gasteiger partial charge on any atom is -0.351 e. The molecule has 0 unspecified atom stereocenters. The SMILES string of the molecule is O=C(Cn1cccnc1=O)NC(C1CCCCC1)C1CCCCC1. The zero-order chi connectivity index (χ0) is 16.8. The fourth-order valence-corrected chi connectivity index (χ4v) is 4.50. The third-order valence-corrected chi connectivity index (χ3v) is 5.74. The predicted molar refractivity (Wildman–Crippen MR) is 93.6 cm³/mol. The van der Waals surface area contributed by atoms with Crippen LogP contribution in [0.5, 0.6) is 0 Å². The zero-order valence-corrected chi connectivity index (χ0v) is 14.5. The van der Waals surface area contributed by atoms with Crippen LogP contribution >= 0.6 is 0 Å². The van der Waals surface area contributed by atoms with Gasteiger partial charge >= 0.3 is 5.69 Å². The van der Waals surface area contributed by atoms with Crippen LogP contribution < -0.4 is 11.0 Å². The van der Waals surface area contributed by atoms with Crippen LogP contribution in [-0.4, -0.2) is 21.5 Å². The minimum absolute atomic E-state index is 0.0498. The Morgan fingerprint density at radius 1 is 1.08 bits per heavy atom. The number of carbonyl (C=O) groups is 1. The summed E-state index contributed by atoms with van der Waals surface area (Å²) in [7, 11) is 0. The number of hydrogen-bond donors (Lipinski definition) is 1. The highest BCUT2D eigenvalue weighted by Gasteiger charge is 2.32. The van der Waals surface area contributed by atoms with Gasteiger partial charge in [0.25, 0.3) is 0 Å². The molecule has 24 heavy (non-hydrogen) atoms. The maximum Gasteiger partial charge on any atom is 0.347 e. The normalized spacial score (nSPS) is 20.2. The highest BCUT2D eigenvalue weighted by molar-refractivity contribution is 5.76. The van der Waals surface area contributed by atoms with Gasteiger partial charge in [0.05, 0.1) is 0 Å². The largest absolute Gasteiger partial charge is 0.351 e. The molecule has 2 aliphatic carbocycles. The van der Waals surface area contributed by atoms with Crippen molar-refractivity contribution in [3.63, 3.8) is 0 Å². The fourth-order valence-electron chi connectivity index (χ4n) is 4.50. The van der Waals surface area contributed by atoms with Crippen LogP contribution in [0.2, 0.25) is 0 Å². The molecule has 0 saturated heterocycles. The summed E-state index contributed by atoms with van der Waals surface area (Å²) < 4.78 is 1.38. The number of rotatable bonds is 5. The van der Waals surface area contributed by atoms with Gasteiger partial charge in [-0.2, -0.15) is 0 Å². The molecule has 0 atom stereocenters. The molecule has 0 spiro atoms. The first-order valence-corrected chi connectivity index (χ1v) is 9.55. The molecular weight excluding hydrogens is 302 g/mol. The third-order valence-electron chi connectivity index (χ3n) is 5.74. The molecule has 3 rings (SSSR count). The summed E-state index contributed by atoms with van der Waals surface area (Å²) in [5, 5.41) is 3.31. The van der Waals surface area contributed by atoms with E-state index in [9.17, 15) is 9.59 Å². The summed E-state index contributed by atoms with van der Waals surface area (Å²) in [6, 6.07) is 1.97. The Labute approximate surface area is 143 Å². The van der Waals surface area contributed by atoms with E-state index in [0.29, 0.717) is 11.8 Å². The molecule has 2 fully saturated rings. The van der Waals surface area contributed by atoms with Gasteiger partial charge in [0.2, 0.25) is 5.91 Å². The van der Waals surface area contributed by atoms with Crippen molar-refractivity contribution in [3.8, 4) is 0 Å². The number of amides is 1. The molecule has 0 aliphatic heterocycles. The van der Waals surface area contributed by atoms with Gasteiger partial charge < -0.3 is 5.32 Å². The van der Waals surface area contributed by atoms with Gasteiger partial charge in [-0.05, 0) is 43.6 Å². The van der Waals surface area contributed by atoms with Crippen LogP contribution in [0, 0.1) is 11.8 Å². The van der Waals surface area contributed by atoms with Crippen molar-refractivity contribution < 1.29 is 4.79 Å². The van der Waals surface area contributed by atoms with Crippen molar-refractivity contribution in [1.29, 1.82) is 0 Å². The van der Waals surface area contributed by atoms with Gasteiger partial charge in [-0.15, -0.1) is 0 Å². The fraction of sp³-hybridized carbons (Fsp3) is 0.737. The Kier molecular flexibility index (Phi) is 6.05. The number of hydrogen-bond acceptors (Lipinski definition) is 3. The molecule has 0 bridgehead atoms. The summed E-state index contributed by atoms with van der Waals surface area (Å²) in [5.41, 5.74) is -0.362. The Hall–Kier alpha value is -1.65. The lowest BCUT2D eigenvalue weighted by molar-refractivity contribution is -0.123. The van der Waals surface area contributed by atoms with E-state index in [-0.39, 0.29) is 24.2 Å². The summed E-state index contributed by atoms with van der Waals surface area (Å²) in [5.74, 6) is 1.17. The van der Waals surface area contributed by atoms with Crippen molar-refractivity contribution in [2.45, 2.75) is 76.8 Å². The molecule has 5 heteroatoms. The van der Waals surface area contributed by atoms with Gasteiger partial charge in [0.15, 0.2) is 0 Å². The quantitative estimate of drug-likeness (QED) is 0.902. The lowest BCUT2D eigenvalue weighted by Crippen LogP contribution is -2.48. The molecule has 0 radical (unpaired) electrons. The van der Waals surface area contributed by atoms with Crippen LogP contribution in [0.3, 0.4) is 0 Å². The number of carbonyl (C=O) groups excluding carboxylic acids is 1. The van der Waals surface area contributed by atoms with Gasteiger partial charge in [-0.3, -0.25) is 9.36 Å². The minimum atomic E-state index is -0.362. The van der Waals surface area contributed by atoms with E-state index in [1.807, 2.05) is 0 Å². The van der Waals surface area contributed by atoms with Crippen LogP contribution in [0.25, 0.3) is 0 Å². The highest BCUT2D eigenvalue weighted by Crippen LogP contribution is 2.35. The van der Waals surface area contributed by atoms with E-state index >= 15 is 0 Å². The summed E-state index contributed by atoms with van der Waals surface area (Å²) >= 11 is 0. The van der Waals surface area contributed by atoms with Crippen LogP contribution in [-0.2, 0) is 11.3 Å². The van der Waals surface area contributed by atoms with Crippen molar-refractivity contribution in [1.82, 2.24) is 14.9 Å². The molecule has 1 aromatic heterocycles. The van der Waals surface area contributed by atoms with Crippen molar-refractivity contribution in [2.24, 2.45) is 11.8 Å². The second-order valence-electron chi connectivity index (χ2n) is 7.42. The molecule has 2 saturated carbocycles. The van der Waals surface area contributed by atoms with E-state index in [1.165, 1.54) is 75.0 Å². The van der Waals surface area contributed by atoms with Gasteiger partial charge in [-0.1, -0.05) is 38.5 Å². The average molecular weight is 331 g/mol. The second kappa shape index (κ2) is 8.45. The lowest BCUT2D eigenvalue weighted by Gasteiger charge is -2.38. The molecular formula is C19H29N3O2. The molecule has 1 N–H and O–H groups in total. The third kappa shape index (κ3) is 4.46. The monoisotopic (exact) mass is 331 g/mol. The zero-order valence-electron chi connectivity index (χ0n) is 14.5. The van der Waals surface area contributed by atoms with E-state index < -0.39 is 0 Å². The molecule has 1 amide bonds. The maximum atomic E-state index is 12.6. The van der Waals surface area contributed by atoms with Gasteiger partial charge in [-0.25, -0.2) is 9.78 Å². The van der Waals surface area contributed by atoms with Crippen molar-refractivity contribution >= 4 is 5.91 Å². The van der Waals surface area contributed by atoms with Crippen LogP contribution in [0.4, 0.5) is 0 Å². The molecule has 5 nitrogen and oxygen atoms in total. The van der Waals surface area contributed by atoms with E-state index in [4.69, 9.17) is 0 Å². The highest BCUT2D eigenvalue weighted by atomic mass is 16.2. The number of nitrogens with one attached hydrogen (secondary N) is 1. The average Bonchev–Trinajstić information content (AvgIpc) is 2.63. The van der Waals surface area contributed by atoms with Gasteiger partial charge in [0.1, 0.15) is 6.54 Å². The first-order chi connectivity index (χ1) is 11.7. The Morgan fingerprint density at radius 3 is 2.21 bits per heavy atom. The van der Waals surface area contributed by atoms with Crippen LogP contribution in [0.15, 0.2) is 23.3 Å².